The van der Waals surface area contributed by atoms with Gasteiger partial charge in [0.2, 0.25) is 0 Å². The van der Waals surface area contributed by atoms with E-state index >= 15 is 0 Å². The number of methoxy groups -OCH3 is 1. The van der Waals surface area contributed by atoms with E-state index in [-0.39, 0.29) is 6.04 Å². The Morgan fingerprint density at radius 2 is 2.10 bits per heavy atom. The molecular formula is C15H15N3O2. The summed E-state index contributed by atoms with van der Waals surface area (Å²) in [7, 11) is 1.61. The minimum absolute atomic E-state index is 0.296. The number of benzene rings is 1. The van der Waals surface area contributed by atoms with Crippen molar-refractivity contribution in [1.29, 1.82) is 0 Å². The Morgan fingerprint density at radius 1 is 1.25 bits per heavy atom. The maximum absolute atomic E-state index is 5.72. The van der Waals surface area contributed by atoms with Crippen molar-refractivity contribution in [3.63, 3.8) is 0 Å². The molecule has 1 aromatic carbocycles. The van der Waals surface area contributed by atoms with Gasteiger partial charge in [-0.05, 0) is 18.2 Å². The lowest BCUT2D eigenvalue weighted by Crippen LogP contribution is -2.29. The third-order valence-electron chi connectivity index (χ3n) is 3.28. The summed E-state index contributed by atoms with van der Waals surface area (Å²) in [5.74, 6) is 6.40. The van der Waals surface area contributed by atoms with Crippen LogP contribution in [0.2, 0.25) is 0 Å². The molecule has 2 heterocycles. The zero-order chi connectivity index (χ0) is 13.9. The summed E-state index contributed by atoms with van der Waals surface area (Å²) in [4.78, 5) is 4.37. The lowest BCUT2D eigenvalue weighted by atomic mass is 10.0. The van der Waals surface area contributed by atoms with Crippen molar-refractivity contribution in [3.05, 3.63) is 60.1 Å². The van der Waals surface area contributed by atoms with Gasteiger partial charge in [-0.1, -0.05) is 18.2 Å². The molecule has 3 aromatic rings. The van der Waals surface area contributed by atoms with Crippen LogP contribution in [0.3, 0.4) is 0 Å². The van der Waals surface area contributed by atoms with Crippen molar-refractivity contribution < 1.29 is 9.15 Å². The number of aromatic nitrogens is 1. The van der Waals surface area contributed by atoms with Gasteiger partial charge in [0.25, 0.3) is 0 Å². The third-order valence-corrected chi connectivity index (χ3v) is 3.28. The summed E-state index contributed by atoms with van der Waals surface area (Å²) in [6.07, 6.45) is 3.41. The van der Waals surface area contributed by atoms with E-state index in [0.29, 0.717) is 5.75 Å². The molecule has 3 rings (SSSR count). The van der Waals surface area contributed by atoms with Crippen LogP contribution in [0, 0.1) is 0 Å². The van der Waals surface area contributed by atoms with Crippen molar-refractivity contribution in [2.24, 2.45) is 5.84 Å². The largest absolute Gasteiger partial charge is 0.495 e. The molecule has 102 valence electrons. The molecule has 0 aliphatic rings. The van der Waals surface area contributed by atoms with E-state index in [9.17, 15) is 0 Å². The number of hydrogen-bond acceptors (Lipinski definition) is 5. The zero-order valence-electron chi connectivity index (χ0n) is 11.0. The van der Waals surface area contributed by atoms with Crippen LogP contribution in [0.5, 0.6) is 5.75 Å². The highest BCUT2D eigenvalue weighted by Gasteiger charge is 2.22. The molecule has 0 aliphatic carbocycles. The number of nitrogens with one attached hydrogen (secondary N) is 1. The highest BCUT2D eigenvalue weighted by atomic mass is 16.5. The van der Waals surface area contributed by atoms with Crippen LogP contribution >= 0.6 is 0 Å². The van der Waals surface area contributed by atoms with E-state index in [1.165, 1.54) is 0 Å². The summed E-state index contributed by atoms with van der Waals surface area (Å²) >= 11 is 0. The number of pyridine rings is 1. The monoisotopic (exact) mass is 269 g/mol. The zero-order valence-corrected chi connectivity index (χ0v) is 11.0. The number of furan rings is 1. The molecule has 5 heteroatoms. The standard InChI is InChI=1S/C15H15N3O2/c1-19-13-7-4-8-17-15(13)14(18-16)11-9-20-12-6-3-2-5-10(11)12/h2-9,14,18H,16H2,1H3. The molecule has 2 aromatic heterocycles. The second-order valence-corrected chi connectivity index (χ2v) is 4.38. The second-order valence-electron chi connectivity index (χ2n) is 4.38. The van der Waals surface area contributed by atoms with Gasteiger partial charge in [-0.25, -0.2) is 5.43 Å². The molecule has 0 saturated carbocycles. The lowest BCUT2D eigenvalue weighted by molar-refractivity contribution is 0.400. The van der Waals surface area contributed by atoms with Crippen LogP contribution < -0.4 is 16.0 Å². The Labute approximate surface area is 116 Å². The van der Waals surface area contributed by atoms with E-state index in [2.05, 4.69) is 10.4 Å². The molecular weight excluding hydrogens is 254 g/mol. The summed E-state index contributed by atoms with van der Waals surface area (Å²) in [5, 5.41) is 1.00. The lowest BCUT2D eigenvalue weighted by Gasteiger charge is -2.16. The van der Waals surface area contributed by atoms with Gasteiger partial charge < -0.3 is 9.15 Å². The number of para-hydroxylation sites is 1. The molecule has 20 heavy (non-hydrogen) atoms. The molecule has 0 radical (unpaired) electrons. The summed E-state index contributed by atoms with van der Waals surface area (Å²) in [6.45, 7) is 0. The molecule has 0 saturated heterocycles. The van der Waals surface area contributed by atoms with Gasteiger partial charge in [-0.2, -0.15) is 0 Å². The van der Waals surface area contributed by atoms with E-state index in [1.54, 1.807) is 19.6 Å². The molecule has 0 aliphatic heterocycles. The first-order chi connectivity index (χ1) is 9.85. The number of nitrogens with zero attached hydrogens (tertiary/aromatic N) is 1. The smallest absolute Gasteiger partial charge is 0.142 e. The first-order valence-corrected chi connectivity index (χ1v) is 6.26. The van der Waals surface area contributed by atoms with Crippen LogP contribution in [-0.4, -0.2) is 12.1 Å². The number of ether oxygens (including phenoxy) is 1. The number of hydrazine groups is 1. The Bertz CT molecular complexity index is 724. The third kappa shape index (κ3) is 2.03. The predicted molar refractivity (Wildman–Crippen MR) is 76.2 cm³/mol. The molecule has 0 fully saturated rings. The normalized spacial score (nSPS) is 12.5. The van der Waals surface area contributed by atoms with Gasteiger partial charge in [-0.15, -0.1) is 0 Å². The van der Waals surface area contributed by atoms with E-state index in [0.717, 1.165) is 22.2 Å². The van der Waals surface area contributed by atoms with Crippen LogP contribution in [-0.2, 0) is 0 Å². The maximum atomic E-state index is 5.72. The molecule has 3 N–H and O–H groups in total. The second kappa shape index (κ2) is 5.32. The number of nitrogens with two attached hydrogens (primary N) is 1. The number of fused-ring (bicyclic) bond motifs is 1. The average molecular weight is 269 g/mol. The fourth-order valence-corrected chi connectivity index (χ4v) is 2.33. The molecule has 1 atom stereocenters. The topological polar surface area (TPSA) is 73.3 Å². The Balaban J connectivity index is 2.14. The SMILES string of the molecule is COc1cccnc1C(NN)c1coc2ccccc12. The highest BCUT2D eigenvalue weighted by molar-refractivity contribution is 5.82. The average Bonchev–Trinajstić information content (AvgIpc) is 2.93. The Morgan fingerprint density at radius 3 is 2.90 bits per heavy atom. The Kier molecular flexibility index (Phi) is 3.37. The van der Waals surface area contributed by atoms with Crippen LogP contribution in [0.15, 0.2) is 53.3 Å². The highest BCUT2D eigenvalue weighted by Crippen LogP contribution is 2.32. The fraction of sp³-hybridized carbons (Fsp3) is 0.133. The van der Waals surface area contributed by atoms with Crippen molar-refractivity contribution >= 4 is 11.0 Å². The van der Waals surface area contributed by atoms with Gasteiger partial charge in [0, 0.05) is 17.1 Å². The van der Waals surface area contributed by atoms with Gasteiger partial charge >= 0.3 is 0 Å². The summed E-state index contributed by atoms with van der Waals surface area (Å²) in [6, 6.07) is 11.2. The predicted octanol–water partition coefficient (Wildman–Crippen LogP) is 2.39. The molecule has 0 amide bonds. The fourth-order valence-electron chi connectivity index (χ4n) is 2.33. The maximum Gasteiger partial charge on any atom is 0.142 e. The van der Waals surface area contributed by atoms with Crippen molar-refractivity contribution in [1.82, 2.24) is 10.4 Å². The quantitative estimate of drug-likeness (QED) is 0.562. The van der Waals surface area contributed by atoms with E-state index in [4.69, 9.17) is 15.0 Å². The van der Waals surface area contributed by atoms with E-state index < -0.39 is 0 Å². The minimum Gasteiger partial charge on any atom is -0.495 e. The Hall–Kier alpha value is -2.37. The summed E-state index contributed by atoms with van der Waals surface area (Å²) in [5.41, 5.74) is 5.26. The number of rotatable bonds is 4. The summed E-state index contributed by atoms with van der Waals surface area (Å²) < 4.78 is 10.9. The number of hydrogen-bond donors (Lipinski definition) is 2. The van der Waals surface area contributed by atoms with Crippen LogP contribution in [0.4, 0.5) is 0 Å². The van der Waals surface area contributed by atoms with Crippen LogP contribution in [0.1, 0.15) is 17.3 Å². The van der Waals surface area contributed by atoms with Gasteiger partial charge in [0.1, 0.15) is 17.0 Å². The van der Waals surface area contributed by atoms with Gasteiger partial charge in [0.15, 0.2) is 0 Å². The first-order valence-electron chi connectivity index (χ1n) is 6.26. The molecule has 0 bridgehead atoms. The van der Waals surface area contributed by atoms with E-state index in [1.807, 2.05) is 36.4 Å². The van der Waals surface area contributed by atoms with Crippen molar-refractivity contribution in [2.45, 2.75) is 6.04 Å². The molecule has 1 unspecified atom stereocenters. The first kappa shape index (κ1) is 12.7. The minimum atomic E-state index is -0.296. The van der Waals surface area contributed by atoms with Gasteiger partial charge in [-0.3, -0.25) is 10.8 Å². The van der Waals surface area contributed by atoms with Crippen molar-refractivity contribution in [3.8, 4) is 5.75 Å². The molecule has 0 spiro atoms. The van der Waals surface area contributed by atoms with Crippen LogP contribution in [0.25, 0.3) is 11.0 Å². The van der Waals surface area contributed by atoms with Gasteiger partial charge in [0.05, 0.1) is 19.4 Å². The molecule has 5 nitrogen and oxygen atoms in total. The van der Waals surface area contributed by atoms with Crippen molar-refractivity contribution in [2.75, 3.05) is 7.11 Å².